The second kappa shape index (κ2) is 6.78. The highest BCUT2D eigenvalue weighted by molar-refractivity contribution is 7.89. The zero-order valence-electron chi connectivity index (χ0n) is 13.3. The number of carbonyl (C=O) groups is 1. The zero-order valence-corrected chi connectivity index (χ0v) is 14.1. The Balaban J connectivity index is 1.99. The van der Waals surface area contributed by atoms with E-state index < -0.39 is 10.0 Å². The van der Waals surface area contributed by atoms with Crippen molar-refractivity contribution in [3.63, 3.8) is 0 Å². The van der Waals surface area contributed by atoms with Crippen molar-refractivity contribution >= 4 is 15.9 Å². The van der Waals surface area contributed by atoms with Crippen LogP contribution >= 0.6 is 0 Å². The second-order valence-electron chi connectivity index (χ2n) is 5.56. The molecule has 1 saturated heterocycles. The van der Waals surface area contributed by atoms with E-state index in [1.807, 2.05) is 6.92 Å². The Morgan fingerprint density at radius 3 is 2.36 bits per heavy atom. The second-order valence-corrected chi connectivity index (χ2v) is 7.65. The summed E-state index contributed by atoms with van der Waals surface area (Å²) in [5.41, 5.74) is 1.06. The van der Waals surface area contributed by atoms with Crippen LogP contribution in [-0.4, -0.2) is 60.6 Å². The van der Waals surface area contributed by atoms with E-state index >= 15 is 0 Å². The topological polar surface area (TPSA) is 83.7 Å². The van der Waals surface area contributed by atoms with Gasteiger partial charge < -0.3 is 9.42 Å². The Labute approximate surface area is 131 Å². The fraction of sp³-hybridized carbons (Fsp3) is 0.714. The summed E-state index contributed by atoms with van der Waals surface area (Å²) in [6.45, 7) is 6.90. The van der Waals surface area contributed by atoms with Crippen molar-refractivity contribution in [2.24, 2.45) is 0 Å². The number of aromatic nitrogens is 1. The summed E-state index contributed by atoms with van der Waals surface area (Å²) in [6.07, 6.45) is 1.52. The van der Waals surface area contributed by atoms with Crippen molar-refractivity contribution in [2.45, 2.75) is 33.6 Å². The van der Waals surface area contributed by atoms with Crippen molar-refractivity contribution in [1.29, 1.82) is 0 Å². The van der Waals surface area contributed by atoms with Crippen LogP contribution < -0.4 is 0 Å². The lowest BCUT2D eigenvalue weighted by Gasteiger charge is -2.34. The van der Waals surface area contributed by atoms with E-state index in [1.54, 1.807) is 18.7 Å². The summed E-state index contributed by atoms with van der Waals surface area (Å²) in [7, 11) is -3.20. The predicted octanol–water partition coefficient (Wildman–Crippen LogP) is 1.18. The smallest absolute Gasteiger partial charge is 0.259 e. The van der Waals surface area contributed by atoms with Gasteiger partial charge in [0.15, 0.2) is 0 Å². The summed E-state index contributed by atoms with van der Waals surface area (Å²) in [6, 6.07) is 0. The number of piperazine rings is 1. The lowest BCUT2D eigenvalue weighted by Crippen LogP contribution is -2.51. The molecule has 0 atom stereocenters. The van der Waals surface area contributed by atoms with Gasteiger partial charge in [0.25, 0.3) is 5.91 Å². The number of aryl methyl sites for hydroxylation is 2. The number of hydrogen-bond donors (Lipinski definition) is 0. The maximum absolute atomic E-state index is 12.5. The van der Waals surface area contributed by atoms with Crippen LogP contribution in [0.2, 0.25) is 0 Å². The summed E-state index contributed by atoms with van der Waals surface area (Å²) in [5.74, 6) is 0.545. The lowest BCUT2D eigenvalue weighted by molar-refractivity contribution is 0.0695. The highest BCUT2D eigenvalue weighted by Gasteiger charge is 2.30. The molecule has 22 heavy (non-hydrogen) atoms. The Morgan fingerprint density at radius 1 is 1.23 bits per heavy atom. The summed E-state index contributed by atoms with van der Waals surface area (Å²) in [4.78, 5) is 14.2. The molecular formula is C14H23N3O4S. The molecule has 0 radical (unpaired) electrons. The molecule has 7 nitrogen and oxygen atoms in total. The minimum absolute atomic E-state index is 0.137. The average molecular weight is 329 g/mol. The van der Waals surface area contributed by atoms with E-state index in [0.29, 0.717) is 49.6 Å². The fourth-order valence-electron chi connectivity index (χ4n) is 2.57. The SMILES string of the molecule is CCCCS(=O)(=O)N1CCN(C(=O)c2c(C)noc2C)CC1. The minimum Gasteiger partial charge on any atom is -0.361 e. The molecule has 1 aliphatic heterocycles. The van der Waals surface area contributed by atoms with Gasteiger partial charge in [0.05, 0.1) is 11.4 Å². The molecule has 1 aromatic rings. The number of rotatable bonds is 5. The van der Waals surface area contributed by atoms with Crippen molar-refractivity contribution in [3.05, 3.63) is 17.0 Å². The first-order valence-corrected chi connectivity index (χ1v) is 9.17. The lowest BCUT2D eigenvalue weighted by atomic mass is 10.1. The molecule has 0 bridgehead atoms. The minimum atomic E-state index is -3.20. The van der Waals surface area contributed by atoms with E-state index in [2.05, 4.69) is 5.16 Å². The number of sulfonamides is 1. The molecule has 8 heteroatoms. The number of nitrogens with zero attached hydrogens (tertiary/aromatic N) is 3. The normalized spacial score (nSPS) is 17.0. The van der Waals surface area contributed by atoms with Crippen LogP contribution in [0.5, 0.6) is 0 Å². The summed E-state index contributed by atoms with van der Waals surface area (Å²) >= 11 is 0. The maximum atomic E-state index is 12.5. The largest absolute Gasteiger partial charge is 0.361 e. The highest BCUT2D eigenvalue weighted by atomic mass is 32.2. The molecule has 0 spiro atoms. The molecule has 0 N–H and O–H groups in total. The van der Waals surface area contributed by atoms with Crippen LogP contribution in [0.1, 0.15) is 41.6 Å². The number of hydrogen-bond acceptors (Lipinski definition) is 5. The van der Waals surface area contributed by atoms with Gasteiger partial charge >= 0.3 is 0 Å². The van der Waals surface area contributed by atoms with Crippen molar-refractivity contribution in [2.75, 3.05) is 31.9 Å². The van der Waals surface area contributed by atoms with Gasteiger partial charge in [-0.1, -0.05) is 18.5 Å². The van der Waals surface area contributed by atoms with Gasteiger partial charge in [-0.25, -0.2) is 8.42 Å². The quantitative estimate of drug-likeness (QED) is 0.810. The molecule has 0 aliphatic carbocycles. The van der Waals surface area contributed by atoms with Gasteiger partial charge in [0, 0.05) is 26.2 Å². The van der Waals surface area contributed by atoms with Gasteiger partial charge in [-0.05, 0) is 20.3 Å². The van der Waals surface area contributed by atoms with E-state index in [4.69, 9.17) is 4.52 Å². The van der Waals surface area contributed by atoms with Crippen LogP contribution in [-0.2, 0) is 10.0 Å². The fourth-order valence-corrected chi connectivity index (χ4v) is 4.20. The van der Waals surface area contributed by atoms with Crippen molar-refractivity contribution in [3.8, 4) is 0 Å². The highest BCUT2D eigenvalue weighted by Crippen LogP contribution is 2.17. The van der Waals surface area contributed by atoms with Crippen LogP contribution in [0.15, 0.2) is 4.52 Å². The molecule has 1 aromatic heterocycles. The third-order valence-electron chi connectivity index (χ3n) is 3.92. The third-order valence-corrected chi connectivity index (χ3v) is 5.88. The molecule has 0 saturated carbocycles. The van der Waals surface area contributed by atoms with E-state index in [0.717, 1.165) is 6.42 Å². The molecule has 1 amide bonds. The first-order chi connectivity index (χ1) is 10.4. The van der Waals surface area contributed by atoms with E-state index in [9.17, 15) is 13.2 Å². The van der Waals surface area contributed by atoms with Crippen LogP contribution in [0.3, 0.4) is 0 Å². The molecule has 0 unspecified atom stereocenters. The Morgan fingerprint density at radius 2 is 1.86 bits per heavy atom. The van der Waals surface area contributed by atoms with Crippen molar-refractivity contribution in [1.82, 2.24) is 14.4 Å². The van der Waals surface area contributed by atoms with Crippen LogP contribution in [0, 0.1) is 13.8 Å². The summed E-state index contributed by atoms with van der Waals surface area (Å²) in [5, 5.41) is 3.79. The molecule has 2 rings (SSSR count). The first kappa shape index (κ1) is 17.0. The van der Waals surface area contributed by atoms with Gasteiger partial charge in [-0.3, -0.25) is 4.79 Å². The van der Waals surface area contributed by atoms with Crippen LogP contribution in [0.25, 0.3) is 0 Å². The molecule has 0 aromatic carbocycles. The van der Waals surface area contributed by atoms with E-state index in [-0.39, 0.29) is 11.7 Å². The van der Waals surface area contributed by atoms with Crippen LogP contribution in [0.4, 0.5) is 0 Å². The molecular weight excluding hydrogens is 306 g/mol. The zero-order chi connectivity index (χ0) is 16.3. The van der Waals surface area contributed by atoms with Crippen molar-refractivity contribution < 1.29 is 17.7 Å². The molecule has 1 aliphatic rings. The predicted molar refractivity (Wildman–Crippen MR) is 82.1 cm³/mol. The average Bonchev–Trinajstić information content (AvgIpc) is 2.84. The Bertz CT molecular complexity index is 611. The van der Waals surface area contributed by atoms with Gasteiger partial charge in [0.2, 0.25) is 10.0 Å². The third kappa shape index (κ3) is 3.49. The van der Waals surface area contributed by atoms with Gasteiger partial charge in [-0.2, -0.15) is 4.31 Å². The number of amides is 1. The Kier molecular flexibility index (Phi) is 5.23. The monoisotopic (exact) mass is 329 g/mol. The maximum Gasteiger partial charge on any atom is 0.259 e. The van der Waals surface area contributed by atoms with Gasteiger partial charge in [-0.15, -0.1) is 0 Å². The Hall–Kier alpha value is -1.41. The molecule has 2 heterocycles. The molecule has 124 valence electrons. The molecule has 1 fully saturated rings. The van der Waals surface area contributed by atoms with Gasteiger partial charge in [0.1, 0.15) is 11.3 Å². The van der Waals surface area contributed by atoms with E-state index in [1.165, 1.54) is 4.31 Å². The summed E-state index contributed by atoms with van der Waals surface area (Å²) < 4.78 is 30.8. The number of carbonyl (C=O) groups excluding carboxylic acids is 1. The first-order valence-electron chi connectivity index (χ1n) is 7.56. The standard InChI is InChI=1S/C14H23N3O4S/c1-4-5-10-22(19,20)17-8-6-16(7-9-17)14(18)13-11(2)15-21-12(13)3/h4-10H2,1-3H3. The number of unbranched alkanes of at least 4 members (excludes halogenated alkanes) is 1.